The quantitative estimate of drug-likeness (QED) is 0.768. The Kier molecular flexibility index (Phi) is 4.91. The van der Waals surface area contributed by atoms with Crippen molar-refractivity contribution < 1.29 is 13.2 Å². The molecule has 110 valence electrons. The van der Waals surface area contributed by atoms with Gasteiger partial charge in [-0.15, -0.1) is 0 Å². The van der Waals surface area contributed by atoms with Crippen LogP contribution in [0.2, 0.25) is 0 Å². The Bertz CT molecular complexity index is 719. The minimum atomic E-state index is -3.32. The van der Waals surface area contributed by atoms with E-state index < -0.39 is 9.84 Å². The second-order valence-electron chi connectivity index (χ2n) is 4.98. The van der Waals surface area contributed by atoms with E-state index in [1.165, 1.54) is 0 Å². The molecule has 0 heterocycles. The molecule has 0 saturated carbocycles. The smallest absolute Gasteiger partial charge is 0.178 e. The van der Waals surface area contributed by atoms with Crippen molar-refractivity contribution in [2.24, 2.45) is 0 Å². The molecule has 0 saturated heterocycles. The van der Waals surface area contributed by atoms with E-state index in [0.717, 1.165) is 5.56 Å². The van der Waals surface area contributed by atoms with E-state index in [1.54, 1.807) is 49.4 Å². The Hall–Kier alpha value is -1.94. The van der Waals surface area contributed by atoms with E-state index in [0.29, 0.717) is 16.9 Å². The van der Waals surface area contributed by atoms with Gasteiger partial charge in [0, 0.05) is 12.0 Å². The lowest BCUT2D eigenvalue weighted by molar-refractivity contribution is 0.0982. The summed E-state index contributed by atoms with van der Waals surface area (Å²) in [6.07, 6.45) is 0.583. The molecule has 0 aromatic heterocycles. The van der Waals surface area contributed by atoms with Crippen molar-refractivity contribution in [2.75, 3.05) is 5.75 Å². The molecule has 0 amide bonds. The Morgan fingerprint density at radius 1 is 0.952 bits per heavy atom. The summed E-state index contributed by atoms with van der Waals surface area (Å²) in [5.41, 5.74) is 1.37. The molecule has 0 radical (unpaired) electrons. The molecule has 0 spiro atoms. The summed E-state index contributed by atoms with van der Waals surface area (Å²) >= 11 is 0. The summed E-state index contributed by atoms with van der Waals surface area (Å²) in [6, 6.07) is 15.9. The summed E-state index contributed by atoms with van der Waals surface area (Å²) in [7, 11) is -3.32. The number of rotatable bonds is 6. The van der Waals surface area contributed by atoms with Crippen LogP contribution in [-0.2, 0) is 9.84 Å². The molecular formula is C17H18O3S. The first-order chi connectivity index (χ1) is 10.0. The summed E-state index contributed by atoms with van der Waals surface area (Å²) < 4.78 is 24.5. The van der Waals surface area contributed by atoms with Crippen LogP contribution in [0.15, 0.2) is 59.5 Å². The molecule has 0 fully saturated rings. The zero-order chi connectivity index (χ0) is 15.3. The highest BCUT2D eigenvalue weighted by molar-refractivity contribution is 7.91. The summed E-state index contributed by atoms with van der Waals surface area (Å²) in [6.45, 7) is 1.78. The van der Waals surface area contributed by atoms with Crippen molar-refractivity contribution in [3.63, 3.8) is 0 Å². The first kappa shape index (κ1) is 15.4. The summed E-state index contributed by atoms with van der Waals surface area (Å²) in [5, 5.41) is 0. The van der Waals surface area contributed by atoms with E-state index >= 15 is 0 Å². The molecule has 0 aliphatic rings. The summed E-state index contributed by atoms with van der Waals surface area (Å²) in [4.78, 5) is 12.3. The SMILES string of the molecule is Cc1ccccc1S(=O)(=O)CCCC(=O)c1ccccc1. The van der Waals surface area contributed by atoms with Gasteiger partial charge in [-0.25, -0.2) is 8.42 Å². The van der Waals surface area contributed by atoms with Crippen molar-refractivity contribution in [1.29, 1.82) is 0 Å². The standard InChI is InChI=1S/C17H18O3S/c1-14-8-5-6-12-17(14)21(19,20)13-7-11-16(18)15-9-3-2-4-10-15/h2-6,8-10,12H,7,11,13H2,1H3. The average molecular weight is 302 g/mol. The summed E-state index contributed by atoms with van der Waals surface area (Å²) in [5.74, 6) is -0.0215. The van der Waals surface area contributed by atoms with Crippen molar-refractivity contribution in [2.45, 2.75) is 24.7 Å². The van der Waals surface area contributed by atoms with Gasteiger partial charge in [-0.05, 0) is 25.0 Å². The van der Waals surface area contributed by atoms with Crippen molar-refractivity contribution in [1.82, 2.24) is 0 Å². The number of carbonyl (C=O) groups is 1. The number of aryl methyl sites for hydroxylation is 1. The number of hydrogen-bond donors (Lipinski definition) is 0. The molecule has 0 unspecified atom stereocenters. The molecule has 2 rings (SSSR count). The number of carbonyl (C=O) groups excluding carboxylic acids is 1. The molecule has 3 nitrogen and oxygen atoms in total. The Balaban J connectivity index is 1.97. The maximum absolute atomic E-state index is 12.3. The van der Waals surface area contributed by atoms with Crippen molar-refractivity contribution in [3.8, 4) is 0 Å². The number of Topliss-reactive ketones (excluding diaryl/α,β-unsaturated/α-hetero) is 1. The van der Waals surface area contributed by atoms with Crippen molar-refractivity contribution in [3.05, 3.63) is 65.7 Å². The zero-order valence-electron chi connectivity index (χ0n) is 12.0. The third-order valence-corrected chi connectivity index (χ3v) is 5.30. The predicted molar refractivity (Wildman–Crippen MR) is 83.2 cm³/mol. The van der Waals surface area contributed by atoms with E-state index in [4.69, 9.17) is 0 Å². The van der Waals surface area contributed by atoms with Gasteiger partial charge in [0.2, 0.25) is 0 Å². The second kappa shape index (κ2) is 6.68. The largest absolute Gasteiger partial charge is 0.294 e. The minimum absolute atomic E-state index is 0.00354. The zero-order valence-corrected chi connectivity index (χ0v) is 12.8. The Labute approximate surface area is 125 Å². The topological polar surface area (TPSA) is 51.2 Å². The third kappa shape index (κ3) is 4.02. The van der Waals surface area contributed by atoms with E-state index in [2.05, 4.69) is 0 Å². The van der Waals surface area contributed by atoms with Crippen LogP contribution in [0.1, 0.15) is 28.8 Å². The second-order valence-corrected chi connectivity index (χ2v) is 7.05. The van der Waals surface area contributed by atoms with Crippen molar-refractivity contribution >= 4 is 15.6 Å². The van der Waals surface area contributed by atoms with E-state index in [-0.39, 0.29) is 18.0 Å². The van der Waals surface area contributed by atoms with E-state index in [1.807, 2.05) is 12.1 Å². The fourth-order valence-electron chi connectivity index (χ4n) is 2.21. The molecule has 0 aliphatic heterocycles. The van der Waals surface area contributed by atoms with E-state index in [9.17, 15) is 13.2 Å². The van der Waals surface area contributed by atoms with Gasteiger partial charge in [-0.3, -0.25) is 4.79 Å². The van der Waals surface area contributed by atoms with Gasteiger partial charge in [0.25, 0.3) is 0 Å². The Morgan fingerprint density at radius 2 is 1.57 bits per heavy atom. The molecule has 0 atom stereocenters. The molecule has 4 heteroatoms. The highest BCUT2D eigenvalue weighted by Gasteiger charge is 2.17. The lowest BCUT2D eigenvalue weighted by Gasteiger charge is -2.07. The molecule has 0 aliphatic carbocycles. The lowest BCUT2D eigenvalue weighted by atomic mass is 10.1. The van der Waals surface area contributed by atoms with Crippen LogP contribution in [0.5, 0.6) is 0 Å². The molecule has 2 aromatic rings. The normalized spacial score (nSPS) is 11.3. The van der Waals surface area contributed by atoms with Crippen LogP contribution in [0.4, 0.5) is 0 Å². The predicted octanol–water partition coefficient (Wildman–Crippen LogP) is 3.43. The van der Waals surface area contributed by atoms with Crippen LogP contribution in [-0.4, -0.2) is 20.0 Å². The van der Waals surface area contributed by atoms with Crippen LogP contribution < -0.4 is 0 Å². The van der Waals surface area contributed by atoms with Gasteiger partial charge in [0.15, 0.2) is 15.6 Å². The molecular weight excluding hydrogens is 284 g/mol. The molecule has 2 aromatic carbocycles. The van der Waals surface area contributed by atoms with Gasteiger partial charge >= 0.3 is 0 Å². The van der Waals surface area contributed by atoms with Gasteiger partial charge < -0.3 is 0 Å². The molecule has 0 bridgehead atoms. The monoisotopic (exact) mass is 302 g/mol. The Morgan fingerprint density at radius 3 is 2.24 bits per heavy atom. The van der Waals surface area contributed by atoms with Gasteiger partial charge in [-0.2, -0.15) is 0 Å². The lowest BCUT2D eigenvalue weighted by Crippen LogP contribution is -2.10. The number of ketones is 1. The van der Waals surface area contributed by atoms with Gasteiger partial charge in [0.1, 0.15) is 0 Å². The number of sulfone groups is 1. The number of benzene rings is 2. The fourth-order valence-corrected chi connectivity index (χ4v) is 3.80. The maximum atomic E-state index is 12.3. The van der Waals surface area contributed by atoms with Crippen LogP contribution in [0.3, 0.4) is 0 Å². The minimum Gasteiger partial charge on any atom is -0.294 e. The first-order valence-electron chi connectivity index (χ1n) is 6.87. The highest BCUT2D eigenvalue weighted by atomic mass is 32.2. The number of hydrogen-bond acceptors (Lipinski definition) is 3. The van der Waals surface area contributed by atoms with Gasteiger partial charge in [0.05, 0.1) is 10.6 Å². The first-order valence-corrected chi connectivity index (χ1v) is 8.52. The molecule has 21 heavy (non-hydrogen) atoms. The maximum Gasteiger partial charge on any atom is 0.178 e. The highest BCUT2D eigenvalue weighted by Crippen LogP contribution is 2.17. The van der Waals surface area contributed by atoms with Gasteiger partial charge in [-0.1, -0.05) is 48.5 Å². The van der Waals surface area contributed by atoms with Crippen LogP contribution in [0, 0.1) is 6.92 Å². The fraction of sp³-hybridized carbons (Fsp3) is 0.235. The third-order valence-electron chi connectivity index (χ3n) is 3.34. The average Bonchev–Trinajstić information content (AvgIpc) is 2.48. The van der Waals surface area contributed by atoms with Crippen LogP contribution in [0.25, 0.3) is 0 Å². The molecule has 0 N–H and O–H groups in total. The van der Waals surface area contributed by atoms with Crippen LogP contribution >= 0.6 is 0 Å².